The predicted octanol–water partition coefficient (Wildman–Crippen LogP) is 1.72. The van der Waals surface area contributed by atoms with Crippen LogP contribution in [0.3, 0.4) is 0 Å². The highest BCUT2D eigenvalue weighted by atomic mass is 16.5. The normalized spacial score (nSPS) is 9.81. The number of pyridine rings is 2. The van der Waals surface area contributed by atoms with E-state index in [9.17, 15) is 4.79 Å². The summed E-state index contributed by atoms with van der Waals surface area (Å²) in [6, 6.07) is 6.83. The summed E-state index contributed by atoms with van der Waals surface area (Å²) in [4.78, 5) is 20.0. The topological polar surface area (TPSA) is 52.1 Å². The maximum absolute atomic E-state index is 12.0. The Kier molecular flexibility index (Phi) is 2.91. The number of rotatable bonds is 3. The lowest BCUT2D eigenvalue weighted by molar-refractivity contribution is 0.103. The van der Waals surface area contributed by atoms with Crippen molar-refractivity contribution in [3.63, 3.8) is 0 Å². The summed E-state index contributed by atoms with van der Waals surface area (Å²) in [7, 11) is 1.51. The van der Waals surface area contributed by atoms with Gasteiger partial charge in [0.1, 0.15) is 5.75 Å². The van der Waals surface area contributed by atoms with Crippen LogP contribution in [-0.4, -0.2) is 22.9 Å². The zero-order valence-corrected chi connectivity index (χ0v) is 8.75. The minimum Gasteiger partial charge on any atom is -0.494 e. The number of carbonyl (C=O) groups is 1. The molecule has 0 saturated heterocycles. The quantitative estimate of drug-likeness (QED) is 0.730. The Labute approximate surface area is 92.9 Å². The molecule has 0 bridgehead atoms. The average Bonchev–Trinajstić information content (AvgIpc) is 2.39. The van der Waals surface area contributed by atoms with Gasteiger partial charge in [0, 0.05) is 24.2 Å². The number of hydrogen-bond acceptors (Lipinski definition) is 4. The van der Waals surface area contributed by atoms with Gasteiger partial charge in [0.05, 0.1) is 7.11 Å². The molecule has 0 atom stereocenters. The maximum Gasteiger partial charge on any atom is 0.216 e. The van der Waals surface area contributed by atoms with Gasteiger partial charge in [-0.1, -0.05) is 0 Å². The monoisotopic (exact) mass is 214 g/mol. The molecule has 0 aromatic carbocycles. The Morgan fingerprint density at radius 2 is 2.06 bits per heavy atom. The Morgan fingerprint density at radius 3 is 2.75 bits per heavy atom. The van der Waals surface area contributed by atoms with Crippen molar-refractivity contribution in [3.05, 3.63) is 54.1 Å². The molecule has 4 heteroatoms. The molecule has 0 radical (unpaired) electrons. The van der Waals surface area contributed by atoms with E-state index in [1.54, 1.807) is 36.7 Å². The van der Waals surface area contributed by atoms with Gasteiger partial charge < -0.3 is 4.74 Å². The first-order chi connectivity index (χ1) is 7.83. The van der Waals surface area contributed by atoms with E-state index in [1.807, 2.05) is 0 Å². The molecule has 2 aromatic heterocycles. The highest BCUT2D eigenvalue weighted by molar-refractivity contribution is 6.09. The molecule has 80 valence electrons. The van der Waals surface area contributed by atoms with Crippen LogP contribution in [0.4, 0.5) is 0 Å². The average molecular weight is 214 g/mol. The van der Waals surface area contributed by atoms with Gasteiger partial charge in [-0.2, -0.15) is 0 Å². The van der Waals surface area contributed by atoms with Crippen LogP contribution >= 0.6 is 0 Å². The lowest BCUT2D eigenvalue weighted by Gasteiger charge is -2.05. The third-order valence-corrected chi connectivity index (χ3v) is 2.13. The first-order valence-electron chi connectivity index (χ1n) is 4.76. The highest BCUT2D eigenvalue weighted by Crippen LogP contribution is 2.17. The van der Waals surface area contributed by atoms with Crippen LogP contribution in [0.25, 0.3) is 0 Å². The SMILES string of the molecule is COc1cccnc1C(=O)c1cccnc1. The Balaban J connectivity index is 2.42. The molecule has 0 aliphatic heterocycles. The van der Waals surface area contributed by atoms with Crippen LogP contribution in [0, 0.1) is 0 Å². The molecule has 2 rings (SSSR count). The standard InChI is InChI=1S/C12H10N2O2/c1-16-10-5-3-7-14-11(10)12(15)9-4-2-6-13-8-9/h2-8H,1H3. The molecular formula is C12H10N2O2. The van der Waals surface area contributed by atoms with Gasteiger partial charge in [-0.3, -0.25) is 9.78 Å². The molecule has 2 aromatic rings. The van der Waals surface area contributed by atoms with Crippen molar-refractivity contribution in [3.8, 4) is 5.75 Å². The van der Waals surface area contributed by atoms with Gasteiger partial charge in [0.2, 0.25) is 5.78 Å². The molecule has 0 spiro atoms. The first kappa shape index (κ1) is 10.3. The minimum atomic E-state index is -0.189. The van der Waals surface area contributed by atoms with Crippen molar-refractivity contribution >= 4 is 5.78 Å². The summed E-state index contributed by atoms with van der Waals surface area (Å²) in [5.41, 5.74) is 0.803. The molecule has 0 aliphatic carbocycles. The Bertz CT molecular complexity index is 497. The number of ketones is 1. The second kappa shape index (κ2) is 4.53. The van der Waals surface area contributed by atoms with E-state index >= 15 is 0 Å². The number of nitrogens with zero attached hydrogens (tertiary/aromatic N) is 2. The van der Waals surface area contributed by atoms with Gasteiger partial charge in [0.25, 0.3) is 0 Å². The van der Waals surface area contributed by atoms with Gasteiger partial charge in [-0.25, -0.2) is 4.98 Å². The summed E-state index contributed by atoms with van der Waals surface area (Å²) in [5, 5.41) is 0. The van der Waals surface area contributed by atoms with Gasteiger partial charge in [-0.05, 0) is 24.3 Å². The van der Waals surface area contributed by atoms with Crippen molar-refractivity contribution < 1.29 is 9.53 Å². The minimum absolute atomic E-state index is 0.189. The summed E-state index contributed by atoms with van der Waals surface area (Å²) >= 11 is 0. The van der Waals surface area contributed by atoms with Crippen LogP contribution in [-0.2, 0) is 0 Å². The van der Waals surface area contributed by atoms with Crippen LogP contribution in [0.15, 0.2) is 42.9 Å². The van der Waals surface area contributed by atoms with E-state index in [1.165, 1.54) is 13.3 Å². The smallest absolute Gasteiger partial charge is 0.216 e. The van der Waals surface area contributed by atoms with E-state index in [0.29, 0.717) is 17.0 Å². The molecule has 2 heterocycles. The summed E-state index contributed by atoms with van der Waals surface area (Å²) in [6.45, 7) is 0. The maximum atomic E-state index is 12.0. The van der Waals surface area contributed by atoms with Crippen molar-refractivity contribution in [2.24, 2.45) is 0 Å². The second-order valence-corrected chi connectivity index (χ2v) is 3.13. The molecule has 0 saturated carbocycles. The molecular weight excluding hydrogens is 204 g/mol. The van der Waals surface area contributed by atoms with Gasteiger partial charge >= 0.3 is 0 Å². The lowest BCUT2D eigenvalue weighted by Crippen LogP contribution is -2.06. The Morgan fingerprint density at radius 1 is 1.25 bits per heavy atom. The van der Waals surface area contributed by atoms with E-state index in [-0.39, 0.29) is 5.78 Å². The third-order valence-electron chi connectivity index (χ3n) is 2.13. The summed E-state index contributed by atoms with van der Waals surface area (Å²) in [6.07, 6.45) is 4.69. The predicted molar refractivity (Wildman–Crippen MR) is 58.5 cm³/mol. The molecule has 0 aliphatic rings. The summed E-state index contributed by atoms with van der Waals surface area (Å²) < 4.78 is 5.08. The van der Waals surface area contributed by atoms with Crippen LogP contribution in [0.5, 0.6) is 5.75 Å². The molecule has 0 fully saturated rings. The zero-order chi connectivity index (χ0) is 11.4. The second-order valence-electron chi connectivity index (χ2n) is 3.13. The summed E-state index contributed by atoms with van der Waals surface area (Å²) in [5.74, 6) is 0.280. The van der Waals surface area contributed by atoms with Crippen molar-refractivity contribution in [2.75, 3.05) is 7.11 Å². The molecule has 0 unspecified atom stereocenters. The van der Waals surface area contributed by atoms with E-state index in [4.69, 9.17) is 4.74 Å². The van der Waals surface area contributed by atoms with Gasteiger partial charge in [-0.15, -0.1) is 0 Å². The fourth-order valence-electron chi connectivity index (χ4n) is 1.36. The third kappa shape index (κ3) is 1.91. The van der Waals surface area contributed by atoms with Crippen LogP contribution < -0.4 is 4.74 Å². The zero-order valence-electron chi connectivity index (χ0n) is 8.75. The number of ether oxygens (including phenoxy) is 1. The van der Waals surface area contributed by atoms with E-state index < -0.39 is 0 Å². The molecule has 16 heavy (non-hydrogen) atoms. The van der Waals surface area contributed by atoms with Crippen molar-refractivity contribution in [1.82, 2.24) is 9.97 Å². The fourth-order valence-corrected chi connectivity index (χ4v) is 1.36. The highest BCUT2D eigenvalue weighted by Gasteiger charge is 2.15. The van der Waals surface area contributed by atoms with E-state index in [0.717, 1.165) is 0 Å². The molecule has 0 amide bonds. The largest absolute Gasteiger partial charge is 0.494 e. The molecule has 4 nitrogen and oxygen atoms in total. The number of aromatic nitrogens is 2. The number of methoxy groups -OCH3 is 1. The number of hydrogen-bond donors (Lipinski definition) is 0. The van der Waals surface area contributed by atoms with Crippen molar-refractivity contribution in [1.29, 1.82) is 0 Å². The first-order valence-corrected chi connectivity index (χ1v) is 4.76. The van der Waals surface area contributed by atoms with Crippen molar-refractivity contribution in [2.45, 2.75) is 0 Å². The van der Waals surface area contributed by atoms with Crippen LogP contribution in [0.1, 0.15) is 16.1 Å². The van der Waals surface area contributed by atoms with Crippen LogP contribution in [0.2, 0.25) is 0 Å². The number of carbonyl (C=O) groups excluding carboxylic acids is 1. The molecule has 0 N–H and O–H groups in total. The fraction of sp³-hybridized carbons (Fsp3) is 0.0833. The van der Waals surface area contributed by atoms with Gasteiger partial charge in [0.15, 0.2) is 5.69 Å². The Hall–Kier alpha value is -2.23. The van der Waals surface area contributed by atoms with E-state index in [2.05, 4.69) is 9.97 Å². The lowest BCUT2D eigenvalue weighted by atomic mass is 10.1.